The molecular weight excluding hydrogens is 314 g/mol. The first-order valence-electron chi connectivity index (χ1n) is 8.69. The number of imide groups is 1. The molecule has 0 saturated heterocycles. The third-order valence-corrected chi connectivity index (χ3v) is 4.75. The van der Waals surface area contributed by atoms with Crippen LogP contribution in [0.1, 0.15) is 41.6 Å². The van der Waals surface area contributed by atoms with Gasteiger partial charge in [-0.25, -0.2) is 4.79 Å². The summed E-state index contributed by atoms with van der Waals surface area (Å²) in [5, 5.41) is 6.95. The number of quaternary nitrogens is 1. The average molecular weight is 338 g/mol. The molecule has 0 aromatic heterocycles. The van der Waals surface area contributed by atoms with E-state index >= 15 is 0 Å². The van der Waals surface area contributed by atoms with Gasteiger partial charge in [0, 0.05) is 24.6 Å². The molecule has 4 N–H and O–H groups in total. The summed E-state index contributed by atoms with van der Waals surface area (Å²) < 4.78 is 0. The minimum Gasteiger partial charge on any atom is -0.341 e. The van der Waals surface area contributed by atoms with Crippen LogP contribution in [-0.2, 0) is 11.2 Å². The molecule has 2 aromatic rings. The molecule has 0 aliphatic heterocycles. The van der Waals surface area contributed by atoms with Crippen molar-refractivity contribution in [3.8, 4) is 0 Å². The number of nitrogens with two attached hydrogens (primary N) is 1. The first kappa shape index (κ1) is 17.2. The van der Waals surface area contributed by atoms with E-state index in [0.29, 0.717) is 0 Å². The van der Waals surface area contributed by atoms with Gasteiger partial charge in [0.15, 0.2) is 6.04 Å². The van der Waals surface area contributed by atoms with Gasteiger partial charge in [0.25, 0.3) is 5.91 Å². The Balaban J connectivity index is 1.86. The van der Waals surface area contributed by atoms with Gasteiger partial charge in [-0.2, -0.15) is 0 Å². The lowest BCUT2D eigenvalue weighted by atomic mass is 9.87. The third-order valence-electron chi connectivity index (χ3n) is 4.75. The zero-order valence-corrected chi connectivity index (χ0v) is 14.4. The van der Waals surface area contributed by atoms with E-state index in [4.69, 9.17) is 0 Å². The van der Waals surface area contributed by atoms with Crippen LogP contribution in [0.4, 0.5) is 4.79 Å². The van der Waals surface area contributed by atoms with Crippen molar-refractivity contribution in [3.05, 3.63) is 71.3 Å². The minimum atomic E-state index is -0.483. The molecule has 0 unspecified atom stereocenters. The quantitative estimate of drug-likeness (QED) is 0.795. The fourth-order valence-corrected chi connectivity index (χ4v) is 3.49. The number of rotatable bonds is 4. The van der Waals surface area contributed by atoms with Crippen LogP contribution < -0.4 is 16.0 Å². The predicted octanol–water partition coefficient (Wildman–Crippen LogP) is 1.82. The summed E-state index contributed by atoms with van der Waals surface area (Å²) in [6, 6.07) is 17.3. The molecule has 1 aliphatic rings. The molecule has 0 saturated carbocycles. The van der Waals surface area contributed by atoms with E-state index < -0.39 is 12.1 Å². The van der Waals surface area contributed by atoms with Gasteiger partial charge in [0.1, 0.15) is 6.04 Å². The fraction of sp³-hybridized carbons (Fsp3) is 0.300. The molecule has 2 aromatic carbocycles. The number of nitrogens with one attached hydrogen (secondary N) is 2. The highest BCUT2D eigenvalue weighted by atomic mass is 16.2. The molecule has 0 spiro atoms. The molecule has 0 radical (unpaired) electrons. The van der Waals surface area contributed by atoms with Gasteiger partial charge >= 0.3 is 6.03 Å². The van der Waals surface area contributed by atoms with Crippen molar-refractivity contribution in [2.45, 2.75) is 31.3 Å². The second-order valence-corrected chi connectivity index (χ2v) is 6.35. The summed E-state index contributed by atoms with van der Waals surface area (Å²) in [4.78, 5) is 24.3. The third kappa shape index (κ3) is 4.06. The normalized spacial score (nSPS) is 17.2. The monoisotopic (exact) mass is 338 g/mol. The zero-order valence-electron chi connectivity index (χ0n) is 14.4. The summed E-state index contributed by atoms with van der Waals surface area (Å²) >= 11 is 0. The number of fused-ring (bicyclic) bond motifs is 1. The van der Waals surface area contributed by atoms with Crippen molar-refractivity contribution < 1.29 is 14.9 Å². The molecule has 0 bridgehead atoms. The van der Waals surface area contributed by atoms with Crippen molar-refractivity contribution in [2.75, 3.05) is 7.05 Å². The number of amides is 3. The maximum absolute atomic E-state index is 12.7. The molecule has 0 fully saturated rings. The first-order chi connectivity index (χ1) is 12.2. The molecular formula is C20H24N3O2+. The van der Waals surface area contributed by atoms with E-state index in [-0.39, 0.29) is 11.9 Å². The van der Waals surface area contributed by atoms with Crippen molar-refractivity contribution in [1.29, 1.82) is 0 Å². The Hall–Kier alpha value is -2.66. The van der Waals surface area contributed by atoms with Crippen molar-refractivity contribution in [2.24, 2.45) is 0 Å². The molecule has 1 aliphatic carbocycles. The zero-order chi connectivity index (χ0) is 17.6. The lowest BCUT2D eigenvalue weighted by molar-refractivity contribution is -0.723. The van der Waals surface area contributed by atoms with Crippen molar-refractivity contribution >= 4 is 11.9 Å². The van der Waals surface area contributed by atoms with Gasteiger partial charge in [-0.15, -0.1) is 0 Å². The van der Waals surface area contributed by atoms with Crippen molar-refractivity contribution in [1.82, 2.24) is 10.6 Å². The van der Waals surface area contributed by atoms with Crippen LogP contribution in [0, 0.1) is 0 Å². The molecule has 3 rings (SSSR count). The summed E-state index contributed by atoms with van der Waals surface area (Å²) in [6.45, 7) is 0. The van der Waals surface area contributed by atoms with E-state index in [9.17, 15) is 9.59 Å². The summed E-state index contributed by atoms with van der Waals surface area (Å²) in [5.74, 6) is -0.298. The van der Waals surface area contributed by atoms with Gasteiger partial charge < -0.3 is 10.6 Å². The lowest BCUT2D eigenvalue weighted by Gasteiger charge is -2.27. The van der Waals surface area contributed by atoms with Crippen molar-refractivity contribution in [3.63, 3.8) is 0 Å². The Morgan fingerprint density at radius 1 is 1.08 bits per heavy atom. The Morgan fingerprint density at radius 2 is 1.80 bits per heavy atom. The van der Waals surface area contributed by atoms with E-state index in [1.54, 1.807) is 0 Å². The van der Waals surface area contributed by atoms with E-state index in [0.717, 1.165) is 24.8 Å². The Kier molecular flexibility index (Phi) is 5.46. The second-order valence-electron chi connectivity index (χ2n) is 6.35. The van der Waals surface area contributed by atoms with Gasteiger partial charge in [-0.3, -0.25) is 10.1 Å². The van der Waals surface area contributed by atoms with Crippen LogP contribution in [0.2, 0.25) is 0 Å². The van der Waals surface area contributed by atoms with E-state index in [1.807, 2.05) is 36.4 Å². The largest absolute Gasteiger partial charge is 0.341 e. The number of hydrogen-bond donors (Lipinski definition) is 3. The molecule has 25 heavy (non-hydrogen) atoms. The number of aryl methyl sites for hydroxylation is 1. The maximum atomic E-state index is 12.7. The molecule has 130 valence electrons. The molecule has 3 amide bonds. The van der Waals surface area contributed by atoms with Gasteiger partial charge in [0.05, 0.1) is 0 Å². The second kappa shape index (κ2) is 7.94. The van der Waals surface area contributed by atoms with Crippen LogP contribution >= 0.6 is 0 Å². The Labute approximate surface area is 147 Å². The average Bonchev–Trinajstić information content (AvgIpc) is 2.66. The number of carbonyl (C=O) groups excluding carboxylic acids is 2. The van der Waals surface area contributed by atoms with Crippen LogP contribution in [0.3, 0.4) is 0 Å². The van der Waals surface area contributed by atoms with Crippen LogP contribution in [0.25, 0.3) is 0 Å². The minimum absolute atomic E-state index is 0.214. The maximum Gasteiger partial charge on any atom is 0.321 e. The highest BCUT2D eigenvalue weighted by Gasteiger charge is 2.31. The predicted molar refractivity (Wildman–Crippen MR) is 95.8 cm³/mol. The van der Waals surface area contributed by atoms with Gasteiger partial charge in [-0.1, -0.05) is 54.6 Å². The van der Waals surface area contributed by atoms with E-state index in [1.165, 1.54) is 18.2 Å². The first-order valence-corrected chi connectivity index (χ1v) is 8.69. The number of hydrogen-bond acceptors (Lipinski definition) is 2. The molecule has 5 nitrogen and oxygen atoms in total. The summed E-state index contributed by atoms with van der Waals surface area (Å²) in [5.41, 5.74) is 3.54. The van der Waals surface area contributed by atoms with Crippen LogP contribution in [-0.4, -0.2) is 19.0 Å². The summed E-state index contributed by atoms with van der Waals surface area (Å²) in [7, 11) is 1.50. The Morgan fingerprint density at radius 3 is 2.56 bits per heavy atom. The standard InChI is InChI=1S/C20H23N3O2/c1-21-20(25)23-19(24)18(15-9-3-2-4-10-15)22-17-13-7-11-14-8-5-6-12-16(14)17/h2-6,8-10,12,17-18,22H,7,11,13H2,1H3,(H2,21,23,24,25)/p+1/t17-,18+/m1/s1. The molecule has 2 atom stereocenters. The Bertz CT molecular complexity index is 746. The van der Waals surface area contributed by atoms with Gasteiger partial charge in [-0.05, 0) is 18.4 Å². The molecule has 5 heteroatoms. The fourth-order valence-electron chi connectivity index (χ4n) is 3.49. The number of urea groups is 1. The lowest BCUT2D eigenvalue weighted by Crippen LogP contribution is -2.89. The number of benzene rings is 2. The summed E-state index contributed by atoms with van der Waals surface area (Å²) in [6.07, 6.45) is 3.21. The molecule has 0 heterocycles. The van der Waals surface area contributed by atoms with Crippen LogP contribution in [0.5, 0.6) is 0 Å². The number of carbonyl (C=O) groups is 2. The van der Waals surface area contributed by atoms with Crippen LogP contribution in [0.15, 0.2) is 54.6 Å². The van der Waals surface area contributed by atoms with E-state index in [2.05, 4.69) is 34.1 Å². The smallest absolute Gasteiger partial charge is 0.321 e. The highest BCUT2D eigenvalue weighted by molar-refractivity contribution is 5.96. The van der Waals surface area contributed by atoms with Gasteiger partial charge in [0.2, 0.25) is 0 Å². The SMILES string of the molecule is CNC(=O)NC(=O)[C@@H]([NH2+][C@@H]1CCCc2ccccc21)c1ccccc1. The highest BCUT2D eigenvalue weighted by Crippen LogP contribution is 2.27. The topological polar surface area (TPSA) is 74.8 Å².